The topological polar surface area (TPSA) is 46.1 Å². The lowest BCUT2D eigenvalue weighted by Gasteiger charge is -2.32. The minimum absolute atomic E-state index is 0.0699. The van der Waals surface area contributed by atoms with Crippen LogP contribution < -0.4 is 0 Å². The van der Waals surface area contributed by atoms with Crippen molar-refractivity contribution >= 4 is 28.1 Å². The third-order valence-corrected chi connectivity index (χ3v) is 5.29. The maximum absolute atomic E-state index is 12.5. The first kappa shape index (κ1) is 15.3. The Morgan fingerprint density at radius 3 is 3.08 bits per heavy atom. The molecular weight excluding hydrogens is 318 g/mol. The van der Waals surface area contributed by atoms with Gasteiger partial charge in [-0.2, -0.15) is 0 Å². The number of hydrogen-bond acceptors (Lipinski definition) is 4. The normalized spacial score (nSPS) is 18.0. The number of rotatable bonds is 3. The van der Waals surface area contributed by atoms with Crippen LogP contribution in [-0.2, 0) is 6.42 Å². The second kappa shape index (κ2) is 6.69. The summed E-state index contributed by atoms with van der Waals surface area (Å²) >= 11 is 1.47. The van der Waals surface area contributed by atoms with Gasteiger partial charge >= 0.3 is 0 Å². The van der Waals surface area contributed by atoms with Crippen molar-refractivity contribution in [3.63, 3.8) is 0 Å². The number of hydrogen-bond donors (Lipinski definition) is 0. The largest absolute Gasteiger partial charge is 0.337 e. The molecule has 1 amide bonds. The van der Waals surface area contributed by atoms with Gasteiger partial charge in [-0.25, -0.2) is 4.98 Å². The molecule has 122 valence electrons. The van der Waals surface area contributed by atoms with Gasteiger partial charge in [0.2, 0.25) is 0 Å². The van der Waals surface area contributed by atoms with E-state index in [-0.39, 0.29) is 5.91 Å². The Hall–Kier alpha value is -2.27. The summed E-state index contributed by atoms with van der Waals surface area (Å²) in [6.45, 7) is 1.65. The molecule has 0 unspecified atom stereocenters. The lowest BCUT2D eigenvalue weighted by molar-refractivity contribution is 0.0668. The van der Waals surface area contributed by atoms with Gasteiger partial charge in [-0.15, -0.1) is 11.3 Å². The predicted octanol–water partition coefficient (Wildman–Crippen LogP) is 3.79. The maximum atomic E-state index is 12.5. The number of piperidine rings is 1. The van der Waals surface area contributed by atoms with Crippen LogP contribution in [0.15, 0.2) is 47.4 Å². The maximum Gasteiger partial charge on any atom is 0.273 e. The fraction of sp³-hybridized carbons (Fsp3) is 0.316. The van der Waals surface area contributed by atoms with Crippen LogP contribution in [0.3, 0.4) is 0 Å². The molecule has 1 aliphatic heterocycles. The molecule has 3 aromatic rings. The number of amides is 1. The van der Waals surface area contributed by atoms with Crippen LogP contribution in [-0.4, -0.2) is 33.9 Å². The number of pyridine rings is 1. The number of benzene rings is 1. The second-order valence-corrected chi connectivity index (χ2v) is 7.04. The molecule has 4 nitrogen and oxygen atoms in total. The second-order valence-electron chi connectivity index (χ2n) is 6.32. The smallest absolute Gasteiger partial charge is 0.273 e. The molecule has 1 aliphatic rings. The van der Waals surface area contributed by atoms with Gasteiger partial charge in [-0.05, 0) is 42.9 Å². The summed E-state index contributed by atoms with van der Waals surface area (Å²) in [5.74, 6) is 0.563. The van der Waals surface area contributed by atoms with Gasteiger partial charge in [0.05, 0.1) is 11.0 Å². The minimum Gasteiger partial charge on any atom is -0.337 e. The van der Waals surface area contributed by atoms with E-state index >= 15 is 0 Å². The van der Waals surface area contributed by atoms with Gasteiger partial charge in [0.1, 0.15) is 5.69 Å². The summed E-state index contributed by atoms with van der Waals surface area (Å²) in [7, 11) is 0. The van der Waals surface area contributed by atoms with Gasteiger partial charge in [0.15, 0.2) is 0 Å². The molecular formula is C19H19N3OS. The van der Waals surface area contributed by atoms with Gasteiger partial charge < -0.3 is 4.90 Å². The van der Waals surface area contributed by atoms with Crippen LogP contribution in [0.1, 0.15) is 28.9 Å². The van der Waals surface area contributed by atoms with Gasteiger partial charge in [0.25, 0.3) is 5.91 Å². The van der Waals surface area contributed by atoms with Crippen molar-refractivity contribution in [2.24, 2.45) is 5.92 Å². The summed E-state index contributed by atoms with van der Waals surface area (Å²) in [6.07, 6.45) is 5.05. The van der Waals surface area contributed by atoms with Crippen molar-refractivity contribution in [2.45, 2.75) is 19.3 Å². The fourth-order valence-corrected chi connectivity index (χ4v) is 4.08. The van der Waals surface area contributed by atoms with E-state index in [0.717, 1.165) is 37.9 Å². The molecule has 3 heterocycles. The molecule has 1 atom stereocenters. The average Bonchev–Trinajstić information content (AvgIpc) is 3.16. The van der Waals surface area contributed by atoms with Crippen LogP contribution in [0.4, 0.5) is 0 Å². The summed E-state index contributed by atoms with van der Waals surface area (Å²) < 4.78 is 0. The number of thiazole rings is 1. The fourth-order valence-electron chi connectivity index (χ4n) is 3.55. The lowest BCUT2D eigenvalue weighted by Crippen LogP contribution is -2.40. The van der Waals surface area contributed by atoms with Crippen molar-refractivity contribution < 1.29 is 4.79 Å². The Labute approximate surface area is 145 Å². The summed E-state index contributed by atoms with van der Waals surface area (Å²) in [6, 6.07) is 10.4. The van der Waals surface area contributed by atoms with E-state index in [2.05, 4.69) is 34.2 Å². The zero-order valence-electron chi connectivity index (χ0n) is 13.4. The average molecular weight is 337 g/mol. The van der Waals surface area contributed by atoms with Crippen molar-refractivity contribution in [3.05, 3.63) is 58.7 Å². The standard InChI is InChI=1S/C19H19N3OS/c23-19(18-12-24-13-21-18)22-9-3-4-14(11-22)10-15-5-1-7-17-16(15)6-2-8-20-17/h1-2,5-8,12-14H,3-4,9-11H2/t14-/m0/s1. The third kappa shape index (κ3) is 3.04. The van der Waals surface area contributed by atoms with E-state index in [1.165, 1.54) is 22.3 Å². The SMILES string of the molecule is O=C(c1cscn1)N1CCC[C@@H](Cc2cccc3ncccc23)C1. The zero-order chi connectivity index (χ0) is 16.4. The van der Waals surface area contributed by atoms with E-state index in [0.29, 0.717) is 11.6 Å². The van der Waals surface area contributed by atoms with Crippen molar-refractivity contribution in [1.82, 2.24) is 14.9 Å². The van der Waals surface area contributed by atoms with Gasteiger partial charge in [0, 0.05) is 30.1 Å². The molecule has 5 heteroatoms. The van der Waals surface area contributed by atoms with Crippen LogP contribution in [0, 0.1) is 5.92 Å². The summed E-state index contributed by atoms with van der Waals surface area (Å²) in [5.41, 5.74) is 4.67. The first-order valence-corrected chi connectivity index (χ1v) is 9.25. The molecule has 0 spiro atoms. The number of carbonyl (C=O) groups excluding carboxylic acids is 1. The Balaban J connectivity index is 1.51. The Morgan fingerprint density at radius 1 is 1.25 bits per heavy atom. The number of fused-ring (bicyclic) bond motifs is 1. The molecule has 4 rings (SSSR count). The quantitative estimate of drug-likeness (QED) is 0.730. The Bertz CT molecular complexity index is 841. The van der Waals surface area contributed by atoms with Gasteiger partial charge in [-0.1, -0.05) is 18.2 Å². The molecule has 0 saturated carbocycles. The summed E-state index contributed by atoms with van der Waals surface area (Å²) in [5, 5.41) is 3.06. The van der Waals surface area contributed by atoms with E-state index in [1.807, 2.05) is 22.5 Å². The molecule has 24 heavy (non-hydrogen) atoms. The zero-order valence-corrected chi connectivity index (χ0v) is 14.2. The highest BCUT2D eigenvalue weighted by Crippen LogP contribution is 2.25. The van der Waals surface area contributed by atoms with Crippen LogP contribution in [0.2, 0.25) is 0 Å². The van der Waals surface area contributed by atoms with Crippen LogP contribution in [0.5, 0.6) is 0 Å². The number of aromatic nitrogens is 2. The van der Waals surface area contributed by atoms with Crippen molar-refractivity contribution in [1.29, 1.82) is 0 Å². The molecule has 0 bridgehead atoms. The molecule has 0 N–H and O–H groups in total. The minimum atomic E-state index is 0.0699. The van der Waals surface area contributed by atoms with Crippen molar-refractivity contribution in [3.8, 4) is 0 Å². The van der Waals surface area contributed by atoms with E-state index in [4.69, 9.17) is 0 Å². The van der Waals surface area contributed by atoms with E-state index in [9.17, 15) is 4.79 Å². The first-order valence-electron chi connectivity index (χ1n) is 8.31. The van der Waals surface area contributed by atoms with Crippen LogP contribution in [0.25, 0.3) is 10.9 Å². The number of likely N-dealkylation sites (tertiary alicyclic amines) is 1. The molecule has 1 saturated heterocycles. The monoisotopic (exact) mass is 337 g/mol. The third-order valence-electron chi connectivity index (χ3n) is 4.70. The van der Waals surface area contributed by atoms with E-state index < -0.39 is 0 Å². The molecule has 2 aromatic heterocycles. The van der Waals surface area contributed by atoms with Gasteiger partial charge in [-0.3, -0.25) is 9.78 Å². The Kier molecular flexibility index (Phi) is 4.26. The highest BCUT2D eigenvalue weighted by molar-refractivity contribution is 7.07. The molecule has 1 fully saturated rings. The Morgan fingerprint density at radius 2 is 2.21 bits per heavy atom. The van der Waals surface area contributed by atoms with E-state index in [1.54, 1.807) is 5.51 Å². The highest BCUT2D eigenvalue weighted by atomic mass is 32.1. The molecule has 1 aromatic carbocycles. The molecule has 0 radical (unpaired) electrons. The summed E-state index contributed by atoms with van der Waals surface area (Å²) in [4.78, 5) is 23.1. The van der Waals surface area contributed by atoms with Crippen molar-refractivity contribution in [2.75, 3.05) is 13.1 Å². The highest BCUT2D eigenvalue weighted by Gasteiger charge is 2.25. The molecule has 0 aliphatic carbocycles. The van der Waals surface area contributed by atoms with Crippen LogP contribution >= 0.6 is 11.3 Å². The lowest BCUT2D eigenvalue weighted by atomic mass is 9.89. The number of carbonyl (C=O) groups is 1. The first-order chi connectivity index (χ1) is 11.8. The predicted molar refractivity (Wildman–Crippen MR) is 96.2 cm³/mol. The number of nitrogens with zero attached hydrogens (tertiary/aromatic N) is 3.